The molecule has 2 aromatic rings. The number of pyridine rings is 1. The molecule has 0 aromatic carbocycles. The maximum absolute atomic E-state index is 4.55. The molecule has 0 spiro atoms. The summed E-state index contributed by atoms with van der Waals surface area (Å²) in [4.78, 5) is 13.2. The zero-order valence-electron chi connectivity index (χ0n) is 11.4. The minimum absolute atomic E-state index is 0.624. The van der Waals surface area contributed by atoms with Crippen LogP contribution in [0.5, 0.6) is 0 Å². The van der Waals surface area contributed by atoms with Crippen molar-refractivity contribution in [2.75, 3.05) is 6.54 Å². The van der Waals surface area contributed by atoms with E-state index in [9.17, 15) is 0 Å². The molecule has 0 saturated carbocycles. The predicted octanol–water partition coefficient (Wildman–Crippen LogP) is 3.81. The zero-order valence-corrected chi connectivity index (χ0v) is 14.6. The molecule has 0 aliphatic rings. The van der Waals surface area contributed by atoms with Crippen LogP contribution in [0.4, 0.5) is 0 Å². The van der Waals surface area contributed by atoms with Crippen LogP contribution in [0.3, 0.4) is 0 Å². The highest BCUT2D eigenvalue weighted by molar-refractivity contribution is 9.11. The quantitative estimate of drug-likeness (QED) is 0.830. The Morgan fingerprint density at radius 3 is 2.75 bits per heavy atom. The lowest BCUT2D eigenvalue weighted by Gasteiger charge is -2.08. The second-order valence-electron chi connectivity index (χ2n) is 4.88. The molecule has 0 unspecified atom stereocenters. The minimum Gasteiger partial charge on any atom is -0.311 e. The molecular weight excluding hydrogens is 384 g/mol. The monoisotopic (exact) mass is 398 g/mol. The first-order chi connectivity index (χ1) is 9.56. The third kappa shape index (κ3) is 4.33. The van der Waals surface area contributed by atoms with Gasteiger partial charge in [-0.05, 0) is 56.5 Å². The van der Waals surface area contributed by atoms with Crippen molar-refractivity contribution in [1.29, 1.82) is 0 Å². The lowest BCUT2D eigenvalue weighted by Crippen LogP contribution is -2.19. The zero-order chi connectivity index (χ0) is 14.5. The molecule has 2 heterocycles. The van der Waals surface area contributed by atoms with Crippen LogP contribution >= 0.6 is 31.9 Å². The van der Waals surface area contributed by atoms with Crippen molar-refractivity contribution in [2.24, 2.45) is 5.92 Å². The molecule has 0 bridgehead atoms. The van der Waals surface area contributed by atoms with Crippen LogP contribution in [0, 0.1) is 5.92 Å². The van der Waals surface area contributed by atoms with Crippen LogP contribution in [0.25, 0.3) is 11.5 Å². The number of hydrogen-bond donors (Lipinski definition) is 1. The van der Waals surface area contributed by atoms with Gasteiger partial charge in [-0.2, -0.15) is 0 Å². The Labute approximate surface area is 135 Å². The second kappa shape index (κ2) is 7.24. The van der Waals surface area contributed by atoms with E-state index < -0.39 is 0 Å². The molecule has 6 heteroatoms. The van der Waals surface area contributed by atoms with Crippen molar-refractivity contribution in [3.63, 3.8) is 0 Å². The highest BCUT2D eigenvalue weighted by atomic mass is 79.9. The average molecular weight is 400 g/mol. The van der Waals surface area contributed by atoms with Gasteiger partial charge < -0.3 is 5.32 Å². The average Bonchev–Trinajstić information content (AvgIpc) is 2.38. The molecule has 2 rings (SSSR count). The van der Waals surface area contributed by atoms with E-state index in [2.05, 4.69) is 66.0 Å². The van der Waals surface area contributed by atoms with Crippen LogP contribution in [-0.4, -0.2) is 21.5 Å². The standard InChI is InChI=1S/C14H16Br2N4/c1-9(2)6-17-8-11-3-4-18-14(20-11)13-12(16)5-10(15)7-19-13/h3-5,7,9,17H,6,8H2,1-2H3. The van der Waals surface area contributed by atoms with Crippen molar-refractivity contribution in [3.05, 3.63) is 39.2 Å². The van der Waals surface area contributed by atoms with Gasteiger partial charge in [-0.25, -0.2) is 9.97 Å². The molecule has 0 aliphatic heterocycles. The van der Waals surface area contributed by atoms with E-state index in [-0.39, 0.29) is 0 Å². The molecule has 0 radical (unpaired) electrons. The van der Waals surface area contributed by atoms with Gasteiger partial charge in [0.2, 0.25) is 0 Å². The van der Waals surface area contributed by atoms with Crippen LogP contribution in [0.15, 0.2) is 33.5 Å². The van der Waals surface area contributed by atoms with E-state index in [4.69, 9.17) is 0 Å². The van der Waals surface area contributed by atoms with Gasteiger partial charge in [-0.1, -0.05) is 13.8 Å². The van der Waals surface area contributed by atoms with E-state index in [0.29, 0.717) is 11.7 Å². The van der Waals surface area contributed by atoms with Crippen LogP contribution < -0.4 is 5.32 Å². The first-order valence-electron chi connectivity index (χ1n) is 6.40. The molecule has 20 heavy (non-hydrogen) atoms. The molecule has 106 valence electrons. The van der Waals surface area contributed by atoms with Gasteiger partial charge in [0.05, 0.1) is 5.69 Å². The van der Waals surface area contributed by atoms with Crippen molar-refractivity contribution in [3.8, 4) is 11.5 Å². The Morgan fingerprint density at radius 2 is 2.05 bits per heavy atom. The van der Waals surface area contributed by atoms with E-state index in [0.717, 1.165) is 33.4 Å². The van der Waals surface area contributed by atoms with Gasteiger partial charge in [-0.3, -0.25) is 4.98 Å². The third-order valence-corrected chi connectivity index (χ3v) is 3.63. The fraction of sp³-hybridized carbons (Fsp3) is 0.357. The van der Waals surface area contributed by atoms with Gasteiger partial charge in [0.25, 0.3) is 0 Å². The van der Waals surface area contributed by atoms with Gasteiger partial charge in [0, 0.05) is 27.9 Å². The van der Waals surface area contributed by atoms with Crippen LogP contribution in [0.1, 0.15) is 19.5 Å². The van der Waals surface area contributed by atoms with Crippen LogP contribution in [0.2, 0.25) is 0 Å². The molecule has 0 amide bonds. The Morgan fingerprint density at radius 1 is 1.25 bits per heavy atom. The molecule has 1 N–H and O–H groups in total. The number of aromatic nitrogens is 3. The highest BCUT2D eigenvalue weighted by Crippen LogP contribution is 2.25. The van der Waals surface area contributed by atoms with Crippen molar-refractivity contribution in [2.45, 2.75) is 20.4 Å². The lowest BCUT2D eigenvalue weighted by atomic mass is 10.2. The lowest BCUT2D eigenvalue weighted by molar-refractivity contribution is 0.548. The molecule has 4 nitrogen and oxygen atoms in total. The van der Waals surface area contributed by atoms with E-state index in [1.165, 1.54) is 0 Å². The molecule has 0 saturated heterocycles. The summed E-state index contributed by atoms with van der Waals surface area (Å²) in [6, 6.07) is 3.86. The third-order valence-electron chi connectivity index (χ3n) is 2.59. The fourth-order valence-electron chi connectivity index (χ4n) is 1.68. The maximum Gasteiger partial charge on any atom is 0.179 e. The fourth-order valence-corrected chi connectivity index (χ4v) is 2.84. The van der Waals surface area contributed by atoms with Gasteiger partial charge in [-0.15, -0.1) is 0 Å². The number of nitrogens with zero attached hydrogens (tertiary/aromatic N) is 3. The van der Waals surface area contributed by atoms with Crippen molar-refractivity contribution < 1.29 is 0 Å². The summed E-state index contributed by atoms with van der Waals surface area (Å²) in [5, 5.41) is 3.37. The number of hydrogen-bond acceptors (Lipinski definition) is 4. The number of rotatable bonds is 5. The van der Waals surface area contributed by atoms with E-state index in [1.54, 1.807) is 12.4 Å². The molecule has 2 aromatic heterocycles. The van der Waals surface area contributed by atoms with Crippen LogP contribution in [-0.2, 0) is 6.54 Å². The van der Waals surface area contributed by atoms with E-state index >= 15 is 0 Å². The smallest absolute Gasteiger partial charge is 0.179 e. The topological polar surface area (TPSA) is 50.7 Å². The Kier molecular flexibility index (Phi) is 5.63. The van der Waals surface area contributed by atoms with Gasteiger partial charge in [0.1, 0.15) is 5.69 Å². The first kappa shape index (κ1) is 15.5. The first-order valence-corrected chi connectivity index (χ1v) is 7.99. The highest BCUT2D eigenvalue weighted by Gasteiger charge is 2.09. The summed E-state index contributed by atoms with van der Waals surface area (Å²) in [6.45, 7) is 6.07. The molecular formula is C14H16Br2N4. The second-order valence-corrected chi connectivity index (χ2v) is 6.65. The Balaban J connectivity index is 2.16. The Hall–Kier alpha value is -0.850. The minimum atomic E-state index is 0.624. The largest absolute Gasteiger partial charge is 0.311 e. The normalized spacial score (nSPS) is 11.1. The molecule has 0 atom stereocenters. The summed E-state index contributed by atoms with van der Waals surface area (Å²) in [6.07, 6.45) is 3.51. The van der Waals surface area contributed by atoms with Crippen molar-refractivity contribution >= 4 is 31.9 Å². The molecule has 0 aliphatic carbocycles. The Bertz CT molecular complexity index is 587. The van der Waals surface area contributed by atoms with E-state index in [1.807, 2.05) is 12.1 Å². The van der Waals surface area contributed by atoms with Gasteiger partial charge >= 0.3 is 0 Å². The van der Waals surface area contributed by atoms with Crippen molar-refractivity contribution in [1.82, 2.24) is 20.3 Å². The summed E-state index contributed by atoms with van der Waals surface area (Å²) in [7, 11) is 0. The summed E-state index contributed by atoms with van der Waals surface area (Å²) in [5.74, 6) is 1.26. The maximum atomic E-state index is 4.55. The summed E-state index contributed by atoms with van der Waals surface area (Å²) in [5.41, 5.74) is 1.71. The van der Waals surface area contributed by atoms with Gasteiger partial charge in [0.15, 0.2) is 5.82 Å². The molecule has 0 fully saturated rings. The predicted molar refractivity (Wildman–Crippen MR) is 87.2 cm³/mol. The summed E-state index contributed by atoms with van der Waals surface area (Å²) >= 11 is 6.88. The number of nitrogens with one attached hydrogen (secondary N) is 1. The number of halogens is 2. The summed E-state index contributed by atoms with van der Waals surface area (Å²) < 4.78 is 1.79. The SMILES string of the molecule is CC(C)CNCc1ccnc(-c2ncc(Br)cc2Br)n1.